The molecule has 0 bridgehead atoms. The minimum Gasteiger partial charge on any atom is -0.478 e. The van der Waals surface area contributed by atoms with Crippen LogP contribution in [0.3, 0.4) is 0 Å². The first-order valence-electron chi connectivity index (χ1n) is 5.69. The lowest BCUT2D eigenvalue weighted by atomic mass is 10.1. The van der Waals surface area contributed by atoms with Gasteiger partial charge < -0.3 is 10.0 Å². The van der Waals surface area contributed by atoms with Crippen molar-refractivity contribution in [2.45, 2.75) is 13.0 Å². The molecule has 18 heavy (non-hydrogen) atoms. The summed E-state index contributed by atoms with van der Waals surface area (Å²) >= 11 is 1.71. The predicted octanol–water partition coefficient (Wildman–Crippen LogP) is 3.64. The van der Waals surface area contributed by atoms with Gasteiger partial charge in [0.15, 0.2) is 0 Å². The molecule has 2 aromatic rings. The van der Waals surface area contributed by atoms with Crippen molar-refractivity contribution in [2.24, 2.45) is 0 Å². The van der Waals surface area contributed by atoms with Crippen molar-refractivity contribution in [1.82, 2.24) is 0 Å². The Hall–Kier alpha value is -1.81. The van der Waals surface area contributed by atoms with Gasteiger partial charge in [0.2, 0.25) is 0 Å². The predicted molar refractivity (Wildman–Crippen MR) is 74.5 cm³/mol. The van der Waals surface area contributed by atoms with Crippen LogP contribution in [-0.4, -0.2) is 18.1 Å². The number of rotatable bonds is 4. The normalized spacial score (nSPS) is 12.1. The van der Waals surface area contributed by atoms with Gasteiger partial charge in [-0.15, -0.1) is 11.3 Å². The minimum absolute atomic E-state index is 0.231. The minimum atomic E-state index is -0.894. The maximum absolute atomic E-state index is 11.0. The Morgan fingerprint density at radius 2 is 2.11 bits per heavy atom. The molecule has 0 aliphatic rings. The summed E-state index contributed by atoms with van der Waals surface area (Å²) in [5.41, 5.74) is 1.23. The number of hydrogen-bond acceptors (Lipinski definition) is 3. The third-order valence-electron chi connectivity index (χ3n) is 3.04. The van der Waals surface area contributed by atoms with Crippen LogP contribution in [-0.2, 0) is 0 Å². The van der Waals surface area contributed by atoms with Crippen molar-refractivity contribution in [1.29, 1.82) is 0 Å². The fourth-order valence-electron chi connectivity index (χ4n) is 1.80. The smallest absolute Gasteiger partial charge is 0.335 e. The van der Waals surface area contributed by atoms with Crippen LogP contribution in [0.15, 0.2) is 41.8 Å². The van der Waals surface area contributed by atoms with E-state index < -0.39 is 5.97 Å². The molecular weight excluding hydrogens is 246 g/mol. The number of thiophene rings is 1. The van der Waals surface area contributed by atoms with Crippen molar-refractivity contribution in [3.63, 3.8) is 0 Å². The van der Waals surface area contributed by atoms with Gasteiger partial charge in [-0.2, -0.15) is 0 Å². The van der Waals surface area contributed by atoms with Crippen LogP contribution in [0, 0.1) is 0 Å². The molecule has 1 unspecified atom stereocenters. The fraction of sp³-hybridized carbons (Fsp3) is 0.214. The molecule has 0 spiro atoms. The van der Waals surface area contributed by atoms with E-state index in [0.717, 1.165) is 5.69 Å². The Balaban J connectivity index is 2.25. The van der Waals surface area contributed by atoms with Gasteiger partial charge in [-0.25, -0.2) is 4.79 Å². The molecule has 4 heteroatoms. The van der Waals surface area contributed by atoms with E-state index in [9.17, 15) is 4.79 Å². The Bertz CT molecular complexity index is 536. The van der Waals surface area contributed by atoms with Crippen molar-refractivity contribution in [3.8, 4) is 0 Å². The van der Waals surface area contributed by atoms with Gasteiger partial charge in [0, 0.05) is 17.6 Å². The number of anilines is 1. The lowest BCUT2D eigenvalue weighted by Gasteiger charge is -2.26. The van der Waals surface area contributed by atoms with Crippen LogP contribution >= 0.6 is 11.3 Å². The van der Waals surface area contributed by atoms with E-state index in [0.29, 0.717) is 5.56 Å². The third kappa shape index (κ3) is 2.54. The summed E-state index contributed by atoms with van der Waals surface area (Å²) in [5.74, 6) is -0.894. The molecule has 1 N–H and O–H groups in total. The molecule has 0 radical (unpaired) electrons. The molecule has 3 nitrogen and oxygen atoms in total. The number of nitrogens with zero attached hydrogens (tertiary/aromatic N) is 1. The van der Waals surface area contributed by atoms with Gasteiger partial charge in [-0.3, -0.25) is 0 Å². The van der Waals surface area contributed by atoms with Crippen molar-refractivity contribution < 1.29 is 9.90 Å². The average molecular weight is 261 g/mol. The number of aromatic carboxylic acids is 1. The van der Waals surface area contributed by atoms with Crippen LogP contribution < -0.4 is 4.90 Å². The number of carbonyl (C=O) groups is 1. The zero-order valence-corrected chi connectivity index (χ0v) is 11.1. The van der Waals surface area contributed by atoms with Crippen LogP contribution in [0.1, 0.15) is 28.2 Å². The first kappa shape index (κ1) is 12.6. The first-order chi connectivity index (χ1) is 8.59. The number of hydrogen-bond donors (Lipinski definition) is 1. The standard InChI is InChI=1S/C14H15NO2S/c1-10(13-7-4-8-18-13)15(2)12-6-3-5-11(9-12)14(16)17/h3-10H,1-2H3,(H,16,17). The van der Waals surface area contributed by atoms with E-state index in [1.165, 1.54) is 4.88 Å². The molecule has 1 aromatic heterocycles. The molecule has 0 aliphatic heterocycles. The third-order valence-corrected chi connectivity index (χ3v) is 4.08. The van der Waals surface area contributed by atoms with Crippen LogP contribution in [0.25, 0.3) is 0 Å². The molecule has 1 aromatic carbocycles. The maximum Gasteiger partial charge on any atom is 0.335 e. The van der Waals surface area contributed by atoms with E-state index in [2.05, 4.69) is 17.9 Å². The Morgan fingerprint density at radius 3 is 2.72 bits per heavy atom. The zero-order valence-electron chi connectivity index (χ0n) is 10.3. The Labute approximate surface area is 110 Å². The topological polar surface area (TPSA) is 40.5 Å². The van der Waals surface area contributed by atoms with E-state index in [1.54, 1.807) is 29.5 Å². The monoisotopic (exact) mass is 261 g/mol. The summed E-state index contributed by atoms with van der Waals surface area (Å²) in [7, 11) is 1.98. The maximum atomic E-state index is 11.0. The second kappa shape index (κ2) is 5.23. The highest BCUT2D eigenvalue weighted by Gasteiger charge is 2.14. The average Bonchev–Trinajstić information content (AvgIpc) is 2.91. The van der Waals surface area contributed by atoms with Crippen molar-refractivity contribution in [3.05, 3.63) is 52.2 Å². The molecule has 0 saturated heterocycles. The summed E-state index contributed by atoms with van der Waals surface area (Å²) < 4.78 is 0. The fourth-order valence-corrected chi connectivity index (χ4v) is 2.63. The molecule has 2 rings (SSSR count). The van der Waals surface area contributed by atoms with Gasteiger partial charge in [0.25, 0.3) is 0 Å². The zero-order chi connectivity index (χ0) is 13.1. The number of carboxylic acids is 1. The molecule has 0 fully saturated rings. The quantitative estimate of drug-likeness (QED) is 0.913. The molecule has 0 aliphatic carbocycles. The Morgan fingerprint density at radius 1 is 1.33 bits per heavy atom. The summed E-state index contributed by atoms with van der Waals surface area (Å²) in [6.07, 6.45) is 0. The Kier molecular flexibility index (Phi) is 3.67. The summed E-state index contributed by atoms with van der Waals surface area (Å²) in [6.45, 7) is 2.11. The molecule has 94 valence electrons. The number of carboxylic acid groups (broad SMARTS) is 1. The van der Waals surface area contributed by atoms with Gasteiger partial charge >= 0.3 is 5.97 Å². The highest BCUT2D eigenvalue weighted by molar-refractivity contribution is 7.10. The second-order valence-corrected chi connectivity index (χ2v) is 5.14. The first-order valence-corrected chi connectivity index (χ1v) is 6.57. The number of benzene rings is 1. The van der Waals surface area contributed by atoms with E-state index in [1.807, 2.05) is 24.6 Å². The molecule has 1 heterocycles. The highest BCUT2D eigenvalue weighted by Crippen LogP contribution is 2.28. The molecule has 0 amide bonds. The van der Waals surface area contributed by atoms with Gasteiger partial charge in [-0.1, -0.05) is 12.1 Å². The van der Waals surface area contributed by atoms with E-state index in [-0.39, 0.29) is 6.04 Å². The molecule has 1 atom stereocenters. The molecule has 0 saturated carbocycles. The highest BCUT2D eigenvalue weighted by atomic mass is 32.1. The van der Waals surface area contributed by atoms with E-state index >= 15 is 0 Å². The SMILES string of the molecule is CC(c1cccs1)N(C)c1cccc(C(=O)O)c1. The van der Waals surface area contributed by atoms with Crippen LogP contribution in [0.5, 0.6) is 0 Å². The summed E-state index contributed by atoms with van der Waals surface area (Å²) in [5, 5.41) is 11.0. The van der Waals surface area contributed by atoms with Crippen molar-refractivity contribution >= 4 is 23.0 Å². The van der Waals surface area contributed by atoms with Crippen molar-refractivity contribution in [2.75, 3.05) is 11.9 Å². The van der Waals surface area contributed by atoms with Gasteiger partial charge in [0.1, 0.15) is 0 Å². The van der Waals surface area contributed by atoms with E-state index in [4.69, 9.17) is 5.11 Å². The van der Waals surface area contributed by atoms with Gasteiger partial charge in [0.05, 0.1) is 11.6 Å². The summed E-state index contributed by atoms with van der Waals surface area (Å²) in [4.78, 5) is 14.3. The second-order valence-electron chi connectivity index (χ2n) is 4.16. The lowest BCUT2D eigenvalue weighted by molar-refractivity contribution is 0.0697. The molecular formula is C14H15NO2S. The summed E-state index contributed by atoms with van der Waals surface area (Å²) in [6, 6.07) is 11.4. The largest absolute Gasteiger partial charge is 0.478 e. The van der Waals surface area contributed by atoms with Crippen LogP contribution in [0.4, 0.5) is 5.69 Å². The lowest BCUT2D eigenvalue weighted by Crippen LogP contribution is -2.21. The van der Waals surface area contributed by atoms with Crippen LogP contribution in [0.2, 0.25) is 0 Å². The van der Waals surface area contributed by atoms with Gasteiger partial charge in [-0.05, 0) is 36.6 Å².